The Morgan fingerprint density at radius 3 is 2.35 bits per heavy atom. The minimum atomic E-state index is -3.91. The number of aromatic nitrogens is 1. The minimum absolute atomic E-state index is 0.0469. The Bertz CT molecular complexity index is 1240. The molecule has 2 heterocycles. The van der Waals surface area contributed by atoms with Gasteiger partial charge in [-0.3, -0.25) is 9.80 Å². The second-order valence-corrected chi connectivity index (χ2v) is 10.3. The first kappa shape index (κ1) is 21.4. The largest absolute Gasteiger partial charge is 0.330 e. The van der Waals surface area contributed by atoms with Crippen LogP contribution in [0, 0.1) is 18.7 Å². The van der Waals surface area contributed by atoms with Crippen LogP contribution < -0.4 is 14.9 Å². The second-order valence-electron chi connectivity index (χ2n) is 7.55. The van der Waals surface area contributed by atoms with Crippen molar-refractivity contribution in [3.63, 3.8) is 0 Å². The Morgan fingerprint density at radius 2 is 1.74 bits per heavy atom. The van der Waals surface area contributed by atoms with E-state index in [1.54, 1.807) is 54.3 Å². The third-order valence-electron chi connectivity index (χ3n) is 5.05. The van der Waals surface area contributed by atoms with Crippen molar-refractivity contribution in [2.24, 2.45) is 11.1 Å². The fourth-order valence-electron chi connectivity index (χ4n) is 3.62. The molecule has 1 fully saturated rings. The van der Waals surface area contributed by atoms with E-state index in [-0.39, 0.29) is 27.7 Å². The molecule has 1 saturated heterocycles. The SMILES string of the molecule is Cc1nc(N2C[C@H](C)CN(c3ccc(-c4ccccc4F)cc3)C2=O)sc1S(N)(=O)=O. The van der Waals surface area contributed by atoms with Gasteiger partial charge in [-0.15, -0.1) is 0 Å². The van der Waals surface area contributed by atoms with Gasteiger partial charge in [0.15, 0.2) is 9.34 Å². The quantitative estimate of drug-likeness (QED) is 0.637. The molecular formula is C21H21FN4O3S2. The van der Waals surface area contributed by atoms with E-state index < -0.39 is 10.0 Å². The maximum Gasteiger partial charge on any atom is 0.330 e. The highest BCUT2D eigenvalue weighted by molar-refractivity contribution is 7.91. The van der Waals surface area contributed by atoms with Crippen LogP contribution >= 0.6 is 11.3 Å². The summed E-state index contributed by atoms with van der Waals surface area (Å²) in [4.78, 5) is 20.6. The summed E-state index contributed by atoms with van der Waals surface area (Å²) in [5, 5.41) is 5.55. The number of benzene rings is 2. The van der Waals surface area contributed by atoms with E-state index in [0.717, 1.165) is 11.3 Å². The molecule has 1 atom stereocenters. The van der Waals surface area contributed by atoms with Gasteiger partial charge in [-0.1, -0.05) is 48.6 Å². The number of nitrogens with zero attached hydrogens (tertiary/aromatic N) is 3. The number of thiazole rings is 1. The normalized spacial score (nSPS) is 17.3. The Balaban J connectivity index is 1.64. The summed E-state index contributed by atoms with van der Waals surface area (Å²) in [6.07, 6.45) is 0. The van der Waals surface area contributed by atoms with E-state index in [0.29, 0.717) is 35.0 Å². The predicted molar refractivity (Wildman–Crippen MR) is 119 cm³/mol. The number of primary sulfonamides is 1. The van der Waals surface area contributed by atoms with Crippen LogP contribution in [0.1, 0.15) is 12.6 Å². The standard InChI is InChI=1S/C21H21FN4O3S2/c1-13-11-25(16-9-7-15(8-10-16)17-5-3-4-6-18(17)22)21(27)26(12-13)20-24-14(2)19(30-20)31(23,28)29/h3-10,13H,11-12H2,1-2H3,(H2,23,28,29)/t13-/m1/s1. The number of rotatable bonds is 4. The first-order valence-corrected chi connectivity index (χ1v) is 12.0. The highest BCUT2D eigenvalue weighted by atomic mass is 32.2. The van der Waals surface area contributed by atoms with Crippen LogP contribution in [-0.4, -0.2) is 32.5 Å². The summed E-state index contributed by atoms with van der Waals surface area (Å²) in [6.45, 7) is 4.47. The molecule has 2 N–H and O–H groups in total. The molecule has 1 aliphatic heterocycles. The van der Waals surface area contributed by atoms with Crippen LogP contribution in [-0.2, 0) is 10.0 Å². The van der Waals surface area contributed by atoms with Crippen molar-refractivity contribution in [1.82, 2.24) is 4.98 Å². The number of halogens is 1. The highest BCUT2D eigenvalue weighted by Crippen LogP contribution is 2.34. The van der Waals surface area contributed by atoms with Gasteiger partial charge in [0.25, 0.3) is 0 Å². The van der Waals surface area contributed by atoms with Crippen LogP contribution in [0.15, 0.2) is 52.7 Å². The lowest BCUT2D eigenvalue weighted by Crippen LogP contribution is -2.53. The molecule has 2 amide bonds. The first-order valence-electron chi connectivity index (χ1n) is 9.59. The number of anilines is 2. The molecule has 4 rings (SSSR count). The second kappa shape index (κ2) is 8.03. The molecule has 0 bridgehead atoms. The van der Waals surface area contributed by atoms with Crippen molar-refractivity contribution >= 4 is 38.2 Å². The third kappa shape index (κ3) is 4.18. The Labute approximate surface area is 184 Å². The predicted octanol–water partition coefficient (Wildman–Crippen LogP) is 3.99. The number of aryl methyl sites for hydroxylation is 1. The third-order valence-corrected chi connectivity index (χ3v) is 7.78. The van der Waals surface area contributed by atoms with Gasteiger partial charge >= 0.3 is 6.03 Å². The summed E-state index contributed by atoms with van der Waals surface area (Å²) in [6, 6.07) is 13.3. The molecule has 1 aliphatic rings. The van der Waals surface area contributed by atoms with Crippen LogP contribution in [0.3, 0.4) is 0 Å². The first-order chi connectivity index (χ1) is 14.6. The lowest BCUT2D eigenvalue weighted by atomic mass is 10.0. The summed E-state index contributed by atoms with van der Waals surface area (Å²) in [7, 11) is -3.91. The Kier molecular flexibility index (Phi) is 5.54. The summed E-state index contributed by atoms with van der Waals surface area (Å²) < 4.78 is 37.5. The zero-order chi connectivity index (χ0) is 22.3. The van der Waals surface area contributed by atoms with Crippen molar-refractivity contribution in [1.29, 1.82) is 0 Å². The molecule has 0 radical (unpaired) electrons. The number of hydrogen-bond donors (Lipinski definition) is 1. The van der Waals surface area contributed by atoms with E-state index in [1.807, 2.05) is 6.92 Å². The van der Waals surface area contributed by atoms with Crippen molar-refractivity contribution in [2.75, 3.05) is 22.9 Å². The molecule has 0 saturated carbocycles. The fraction of sp³-hybridized carbons (Fsp3) is 0.238. The molecule has 0 aliphatic carbocycles. The van der Waals surface area contributed by atoms with E-state index in [1.165, 1.54) is 11.0 Å². The van der Waals surface area contributed by atoms with Crippen LogP contribution in [0.25, 0.3) is 11.1 Å². The maximum atomic E-state index is 14.1. The van der Waals surface area contributed by atoms with Gasteiger partial charge in [0, 0.05) is 24.3 Å². The molecule has 31 heavy (non-hydrogen) atoms. The summed E-state index contributed by atoms with van der Waals surface area (Å²) >= 11 is 0.890. The number of amides is 2. The molecular weight excluding hydrogens is 439 g/mol. The lowest BCUT2D eigenvalue weighted by Gasteiger charge is -2.37. The summed E-state index contributed by atoms with van der Waals surface area (Å²) in [5.74, 6) is -0.194. The highest BCUT2D eigenvalue weighted by Gasteiger charge is 2.34. The van der Waals surface area contributed by atoms with Gasteiger partial charge in [0.1, 0.15) is 5.82 Å². The number of sulfonamides is 1. The van der Waals surface area contributed by atoms with Gasteiger partial charge in [0.05, 0.1) is 5.69 Å². The molecule has 0 unspecified atom stereocenters. The zero-order valence-corrected chi connectivity index (χ0v) is 18.6. The number of nitrogens with two attached hydrogens (primary N) is 1. The van der Waals surface area contributed by atoms with E-state index in [2.05, 4.69) is 4.98 Å². The molecule has 162 valence electrons. The van der Waals surface area contributed by atoms with Crippen molar-refractivity contribution in [2.45, 2.75) is 18.1 Å². The Morgan fingerprint density at radius 1 is 1.10 bits per heavy atom. The maximum absolute atomic E-state index is 14.1. The van der Waals surface area contributed by atoms with Gasteiger partial charge < -0.3 is 0 Å². The monoisotopic (exact) mass is 460 g/mol. The topological polar surface area (TPSA) is 96.6 Å². The number of urea groups is 1. The molecule has 2 aromatic carbocycles. The van der Waals surface area contributed by atoms with E-state index >= 15 is 0 Å². The van der Waals surface area contributed by atoms with Crippen molar-refractivity contribution in [3.8, 4) is 11.1 Å². The average molecular weight is 461 g/mol. The van der Waals surface area contributed by atoms with E-state index in [9.17, 15) is 17.6 Å². The average Bonchev–Trinajstić information content (AvgIpc) is 3.12. The molecule has 1 aromatic heterocycles. The molecule has 7 nitrogen and oxygen atoms in total. The Hall–Kier alpha value is -2.82. The fourth-order valence-corrected chi connectivity index (χ4v) is 5.57. The molecule has 10 heteroatoms. The van der Waals surface area contributed by atoms with Crippen molar-refractivity contribution < 1.29 is 17.6 Å². The van der Waals surface area contributed by atoms with E-state index in [4.69, 9.17) is 5.14 Å². The minimum Gasteiger partial charge on any atom is -0.294 e. The number of carbonyl (C=O) groups is 1. The summed E-state index contributed by atoms with van der Waals surface area (Å²) in [5.41, 5.74) is 2.14. The molecule has 3 aromatic rings. The van der Waals surface area contributed by atoms with Gasteiger partial charge in [-0.2, -0.15) is 0 Å². The number of hydrogen-bond acceptors (Lipinski definition) is 5. The number of carbonyl (C=O) groups excluding carboxylic acids is 1. The van der Waals surface area contributed by atoms with Gasteiger partial charge in [0.2, 0.25) is 10.0 Å². The van der Waals surface area contributed by atoms with Crippen LogP contribution in [0.4, 0.5) is 20.0 Å². The van der Waals surface area contributed by atoms with Crippen LogP contribution in [0.2, 0.25) is 0 Å². The smallest absolute Gasteiger partial charge is 0.294 e. The van der Waals surface area contributed by atoms with Crippen LogP contribution in [0.5, 0.6) is 0 Å². The van der Waals surface area contributed by atoms with Gasteiger partial charge in [-0.05, 0) is 36.6 Å². The van der Waals surface area contributed by atoms with Gasteiger partial charge in [-0.25, -0.2) is 27.7 Å². The molecule has 0 spiro atoms. The van der Waals surface area contributed by atoms with Crippen molar-refractivity contribution in [3.05, 3.63) is 60.0 Å². The lowest BCUT2D eigenvalue weighted by molar-refractivity contribution is 0.245. The zero-order valence-electron chi connectivity index (χ0n) is 16.9.